The zero-order valence-corrected chi connectivity index (χ0v) is 14.1. The second-order valence-electron chi connectivity index (χ2n) is 5.76. The summed E-state index contributed by atoms with van der Waals surface area (Å²) >= 11 is 0. The average molecular weight is 342 g/mol. The molecule has 24 heavy (non-hydrogen) atoms. The Morgan fingerprint density at radius 2 is 1.71 bits per heavy atom. The lowest BCUT2D eigenvalue weighted by Gasteiger charge is -2.08. The van der Waals surface area contributed by atoms with Crippen molar-refractivity contribution in [2.45, 2.75) is 23.8 Å². The van der Waals surface area contributed by atoms with Gasteiger partial charge in [0.15, 0.2) is 0 Å². The zero-order chi connectivity index (χ0) is 17.1. The van der Waals surface area contributed by atoms with Gasteiger partial charge in [0, 0.05) is 44.8 Å². The number of rotatable bonds is 5. The Labute approximate surface area is 142 Å². The van der Waals surface area contributed by atoms with Gasteiger partial charge in [-0.05, 0) is 55.3 Å². The smallest absolute Gasteiger partial charge is 0.255 e. The maximum Gasteiger partial charge on any atom is 0.255 e. The molecule has 0 bridgehead atoms. The summed E-state index contributed by atoms with van der Waals surface area (Å²) in [6.45, 7) is 0. The molecule has 1 saturated carbocycles. The van der Waals surface area contributed by atoms with Crippen molar-refractivity contribution in [1.29, 1.82) is 0 Å². The van der Waals surface area contributed by atoms with Gasteiger partial charge in [0.25, 0.3) is 11.8 Å². The number of benzene rings is 2. The lowest BCUT2D eigenvalue weighted by Crippen LogP contribution is -2.25. The van der Waals surface area contributed by atoms with E-state index < -0.39 is 10.8 Å². The molecule has 0 radical (unpaired) electrons. The summed E-state index contributed by atoms with van der Waals surface area (Å²) < 4.78 is 11.4. The summed E-state index contributed by atoms with van der Waals surface area (Å²) in [4.78, 5) is 25.0. The second-order valence-corrected chi connectivity index (χ2v) is 7.14. The predicted molar refractivity (Wildman–Crippen MR) is 93.7 cm³/mol. The van der Waals surface area contributed by atoms with E-state index in [4.69, 9.17) is 0 Å². The van der Waals surface area contributed by atoms with E-state index in [1.807, 2.05) is 0 Å². The molecule has 2 aromatic rings. The Hall–Kier alpha value is -2.47. The molecule has 0 heterocycles. The van der Waals surface area contributed by atoms with Crippen LogP contribution >= 0.6 is 0 Å². The fourth-order valence-corrected chi connectivity index (χ4v) is 2.76. The van der Waals surface area contributed by atoms with Crippen LogP contribution in [0, 0.1) is 0 Å². The molecule has 0 aliphatic heterocycles. The van der Waals surface area contributed by atoms with Gasteiger partial charge in [-0.15, -0.1) is 0 Å². The van der Waals surface area contributed by atoms with Crippen molar-refractivity contribution < 1.29 is 13.8 Å². The highest BCUT2D eigenvalue weighted by atomic mass is 32.2. The summed E-state index contributed by atoms with van der Waals surface area (Å²) in [7, 11) is -1.07. The molecular weight excluding hydrogens is 324 g/mol. The first-order valence-corrected chi connectivity index (χ1v) is 9.24. The first kappa shape index (κ1) is 16.4. The minimum Gasteiger partial charge on any atom is -0.349 e. The molecule has 1 unspecified atom stereocenters. The molecule has 0 spiro atoms. The molecule has 2 amide bonds. The molecule has 0 saturated heterocycles. The minimum absolute atomic E-state index is 0.122. The van der Waals surface area contributed by atoms with Crippen molar-refractivity contribution in [2.75, 3.05) is 11.6 Å². The molecule has 1 fully saturated rings. The van der Waals surface area contributed by atoms with Crippen LogP contribution in [0.25, 0.3) is 0 Å². The maximum absolute atomic E-state index is 12.3. The van der Waals surface area contributed by atoms with Gasteiger partial charge < -0.3 is 10.6 Å². The van der Waals surface area contributed by atoms with Gasteiger partial charge in [-0.3, -0.25) is 13.8 Å². The number of anilines is 1. The molecule has 6 heteroatoms. The van der Waals surface area contributed by atoms with E-state index in [9.17, 15) is 13.8 Å². The summed E-state index contributed by atoms with van der Waals surface area (Å²) in [5.41, 5.74) is 1.56. The van der Waals surface area contributed by atoms with Crippen molar-refractivity contribution >= 4 is 28.3 Å². The van der Waals surface area contributed by atoms with E-state index in [0.29, 0.717) is 27.8 Å². The SMILES string of the molecule is CS(=O)c1ccc(C(=O)Nc2cccc(C(=O)NC3CC3)c2)cc1. The Balaban J connectivity index is 1.69. The van der Waals surface area contributed by atoms with E-state index >= 15 is 0 Å². The summed E-state index contributed by atoms with van der Waals surface area (Å²) in [5.74, 6) is -0.397. The second kappa shape index (κ2) is 6.97. The van der Waals surface area contributed by atoms with Crippen LogP contribution in [0.3, 0.4) is 0 Å². The van der Waals surface area contributed by atoms with E-state index in [2.05, 4.69) is 10.6 Å². The first-order chi connectivity index (χ1) is 11.5. The molecule has 3 rings (SSSR count). The highest BCUT2D eigenvalue weighted by Crippen LogP contribution is 2.20. The Bertz CT molecular complexity index is 798. The van der Waals surface area contributed by atoms with Gasteiger partial charge in [0.2, 0.25) is 0 Å². The highest BCUT2D eigenvalue weighted by molar-refractivity contribution is 7.84. The number of amides is 2. The highest BCUT2D eigenvalue weighted by Gasteiger charge is 2.23. The van der Waals surface area contributed by atoms with Gasteiger partial charge in [0.05, 0.1) is 0 Å². The van der Waals surface area contributed by atoms with E-state index in [0.717, 1.165) is 12.8 Å². The van der Waals surface area contributed by atoms with E-state index in [-0.39, 0.29) is 11.8 Å². The Morgan fingerprint density at radius 3 is 2.33 bits per heavy atom. The van der Waals surface area contributed by atoms with Crippen LogP contribution in [0.4, 0.5) is 5.69 Å². The topological polar surface area (TPSA) is 75.3 Å². The summed E-state index contributed by atoms with van der Waals surface area (Å²) in [5, 5.41) is 5.70. The fourth-order valence-electron chi connectivity index (χ4n) is 2.24. The van der Waals surface area contributed by atoms with Crippen LogP contribution in [0.1, 0.15) is 33.6 Å². The number of hydrogen-bond donors (Lipinski definition) is 2. The standard InChI is InChI=1S/C18H18N2O3S/c1-24(23)16-9-5-12(6-10-16)17(21)20-15-4-2-3-13(11-15)18(22)19-14-7-8-14/h2-6,9-11,14H,7-8H2,1H3,(H,19,22)(H,20,21). The van der Waals surface area contributed by atoms with Gasteiger partial charge in [0.1, 0.15) is 0 Å². The average Bonchev–Trinajstić information content (AvgIpc) is 3.39. The van der Waals surface area contributed by atoms with E-state index in [1.165, 1.54) is 0 Å². The van der Waals surface area contributed by atoms with Crippen molar-refractivity contribution in [3.05, 3.63) is 59.7 Å². The largest absolute Gasteiger partial charge is 0.349 e. The third-order valence-corrected chi connectivity index (χ3v) is 4.68. The van der Waals surface area contributed by atoms with E-state index in [1.54, 1.807) is 54.8 Å². The monoisotopic (exact) mass is 342 g/mol. The summed E-state index contributed by atoms with van der Waals surface area (Å²) in [6.07, 6.45) is 3.65. The molecule has 1 aliphatic carbocycles. The molecular formula is C18H18N2O3S. The van der Waals surface area contributed by atoms with Gasteiger partial charge in [-0.1, -0.05) is 6.07 Å². The lowest BCUT2D eigenvalue weighted by atomic mass is 10.1. The molecule has 1 atom stereocenters. The molecule has 2 N–H and O–H groups in total. The van der Waals surface area contributed by atoms with Crippen LogP contribution < -0.4 is 10.6 Å². The van der Waals surface area contributed by atoms with Gasteiger partial charge >= 0.3 is 0 Å². The number of carbonyl (C=O) groups excluding carboxylic acids is 2. The van der Waals surface area contributed by atoms with Crippen molar-refractivity contribution in [3.8, 4) is 0 Å². The molecule has 5 nitrogen and oxygen atoms in total. The number of hydrogen-bond acceptors (Lipinski definition) is 3. The third kappa shape index (κ3) is 4.08. The zero-order valence-electron chi connectivity index (χ0n) is 13.2. The minimum atomic E-state index is -1.07. The normalized spacial score (nSPS) is 14.7. The third-order valence-electron chi connectivity index (χ3n) is 3.74. The quantitative estimate of drug-likeness (QED) is 0.877. The fraction of sp³-hybridized carbons (Fsp3) is 0.222. The first-order valence-electron chi connectivity index (χ1n) is 7.69. The number of nitrogens with one attached hydrogen (secondary N) is 2. The van der Waals surface area contributed by atoms with Crippen molar-refractivity contribution in [1.82, 2.24) is 5.32 Å². The summed E-state index contributed by atoms with van der Waals surface area (Å²) in [6, 6.07) is 13.8. The Kier molecular flexibility index (Phi) is 4.76. The van der Waals surface area contributed by atoms with Crippen LogP contribution in [-0.2, 0) is 10.8 Å². The number of carbonyl (C=O) groups is 2. The molecule has 1 aliphatic rings. The van der Waals surface area contributed by atoms with Crippen molar-refractivity contribution in [2.24, 2.45) is 0 Å². The van der Waals surface area contributed by atoms with Crippen molar-refractivity contribution in [3.63, 3.8) is 0 Å². The van der Waals surface area contributed by atoms with Crippen LogP contribution in [-0.4, -0.2) is 28.3 Å². The Morgan fingerprint density at radius 1 is 1.00 bits per heavy atom. The van der Waals surface area contributed by atoms with Crippen LogP contribution in [0.5, 0.6) is 0 Å². The lowest BCUT2D eigenvalue weighted by molar-refractivity contribution is 0.0949. The molecule has 2 aromatic carbocycles. The predicted octanol–water partition coefficient (Wildman–Crippen LogP) is 2.57. The maximum atomic E-state index is 12.3. The van der Waals surface area contributed by atoms with Gasteiger partial charge in [-0.2, -0.15) is 0 Å². The molecule has 0 aromatic heterocycles. The van der Waals surface area contributed by atoms with Crippen LogP contribution in [0.2, 0.25) is 0 Å². The van der Waals surface area contributed by atoms with Crippen LogP contribution in [0.15, 0.2) is 53.4 Å². The molecule has 124 valence electrons. The van der Waals surface area contributed by atoms with Gasteiger partial charge in [-0.25, -0.2) is 0 Å².